The van der Waals surface area contributed by atoms with Crippen molar-refractivity contribution < 1.29 is 14.1 Å². The number of hydrogen-bond donors (Lipinski definition) is 0. The molecule has 1 saturated carbocycles. The highest BCUT2D eigenvalue weighted by atomic mass is 19.1. The van der Waals surface area contributed by atoms with Crippen LogP contribution >= 0.6 is 0 Å². The summed E-state index contributed by atoms with van der Waals surface area (Å²) in [6, 6.07) is 12.5. The molecule has 0 aliphatic heterocycles. The molecule has 0 heterocycles. The highest BCUT2D eigenvalue weighted by Gasteiger charge is 2.31. The van der Waals surface area contributed by atoms with Gasteiger partial charge >= 0.3 is 0 Å². The molecule has 0 radical (unpaired) electrons. The molecule has 128 valence electrons. The molecular weight excluding hydrogens is 323 g/mol. The van der Waals surface area contributed by atoms with Crippen LogP contribution in [0.15, 0.2) is 54.6 Å². The largest absolute Gasteiger partial charge is 0.332 e. The van der Waals surface area contributed by atoms with Crippen LogP contribution in [0.3, 0.4) is 0 Å². The molecule has 0 unspecified atom stereocenters. The van der Waals surface area contributed by atoms with Gasteiger partial charge in [0.05, 0.1) is 10.5 Å². The van der Waals surface area contributed by atoms with Crippen LogP contribution in [0.4, 0.5) is 10.1 Å². The van der Waals surface area contributed by atoms with E-state index in [2.05, 4.69) is 0 Å². The Morgan fingerprint density at radius 1 is 1.20 bits per heavy atom. The lowest BCUT2D eigenvalue weighted by atomic mass is 10.1. The number of halogens is 1. The molecule has 5 nitrogen and oxygen atoms in total. The molecule has 1 aliphatic rings. The summed E-state index contributed by atoms with van der Waals surface area (Å²) in [4.78, 5) is 24.8. The van der Waals surface area contributed by atoms with Gasteiger partial charge < -0.3 is 4.90 Å². The van der Waals surface area contributed by atoms with Gasteiger partial charge in [0.15, 0.2) is 0 Å². The maximum atomic E-state index is 13.0. The molecule has 0 atom stereocenters. The molecule has 6 heteroatoms. The van der Waals surface area contributed by atoms with Crippen molar-refractivity contribution in [3.63, 3.8) is 0 Å². The molecule has 25 heavy (non-hydrogen) atoms. The zero-order valence-corrected chi connectivity index (χ0v) is 13.5. The van der Waals surface area contributed by atoms with E-state index < -0.39 is 4.92 Å². The van der Waals surface area contributed by atoms with Crippen molar-refractivity contribution in [1.29, 1.82) is 0 Å². The Bertz CT molecular complexity index is 814. The van der Waals surface area contributed by atoms with Gasteiger partial charge in [0, 0.05) is 24.7 Å². The lowest BCUT2D eigenvalue weighted by molar-refractivity contribution is -0.385. The Hall–Kier alpha value is -3.02. The van der Waals surface area contributed by atoms with E-state index in [1.54, 1.807) is 35.2 Å². The normalized spacial score (nSPS) is 13.8. The highest BCUT2D eigenvalue weighted by Crippen LogP contribution is 2.29. The fourth-order valence-corrected chi connectivity index (χ4v) is 2.61. The van der Waals surface area contributed by atoms with Crippen molar-refractivity contribution in [2.45, 2.75) is 25.4 Å². The molecule has 0 aromatic heterocycles. The number of amides is 1. The summed E-state index contributed by atoms with van der Waals surface area (Å²) in [6.45, 7) is 0.394. The fourth-order valence-electron chi connectivity index (χ4n) is 2.61. The Labute approximate surface area is 144 Å². The van der Waals surface area contributed by atoms with E-state index >= 15 is 0 Å². The highest BCUT2D eigenvalue weighted by molar-refractivity contribution is 5.92. The van der Waals surface area contributed by atoms with Crippen molar-refractivity contribution in [3.8, 4) is 0 Å². The number of rotatable bonds is 6. The van der Waals surface area contributed by atoms with Gasteiger partial charge in [0.25, 0.3) is 5.69 Å². The summed E-state index contributed by atoms with van der Waals surface area (Å²) >= 11 is 0. The summed E-state index contributed by atoms with van der Waals surface area (Å²) in [5, 5.41) is 11.0. The SMILES string of the molecule is O=C(/C=C/c1ccccc1[N+](=O)[O-])N(Cc1ccc(F)cc1)C1CC1. The number of nitrogens with zero attached hydrogens (tertiary/aromatic N) is 2. The van der Waals surface area contributed by atoms with Crippen LogP contribution in [0.5, 0.6) is 0 Å². The number of benzene rings is 2. The van der Waals surface area contributed by atoms with Crippen LogP contribution in [-0.2, 0) is 11.3 Å². The lowest BCUT2D eigenvalue weighted by Crippen LogP contribution is -2.31. The molecule has 3 rings (SSSR count). The smallest absolute Gasteiger partial charge is 0.276 e. The molecule has 0 saturated heterocycles. The molecule has 2 aromatic carbocycles. The summed E-state index contributed by atoms with van der Waals surface area (Å²) < 4.78 is 13.0. The van der Waals surface area contributed by atoms with Crippen molar-refractivity contribution in [3.05, 3.63) is 81.7 Å². The zero-order chi connectivity index (χ0) is 17.8. The number of carbonyl (C=O) groups excluding carboxylic acids is 1. The first-order chi connectivity index (χ1) is 12.0. The second-order valence-electron chi connectivity index (χ2n) is 5.97. The summed E-state index contributed by atoms with van der Waals surface area (Å²) in [6.07, 6.45) is 4.71. The Kier molecular flexibility index (Phi) is 4.88. The summed E-state index contributed by atoms with van der Waals surface area (Å²) in [5.41, 5.74) is 1.20. The Morgan fingerprint density at radius 3 is 2.52 bits per heavy atom. The van der Waals surface area contributed by atoms with E-state index in [1.807, 2.05) is 0 Å². The fraction of sp³-hybridized carbons (Fsp3) is 0.211. The van der Waals surface area contributed by atoms with E-state index in [4.69, 9.17) is 0 Å². The van der Waals surface area contributed by atoms with Crippen molar-refractivity contribution in [2.75, 3.05) is 0 Å². The molecule has 0 N–H and O–H groups in total. The number of carbonyl (C=O) groups is 1. The number of hydrogen-bond acceptors (Lipinski definition) is 3. The second-order valence-corrected chi connectivity index (χ2v) is 5.97. The Balaban J connectivity index is 1.75. The molecule has 1 fully saturated rings. The van der Waals surface area contributed by atoms with Crippen LogP contribution in [0.1, 0.15) is 24.0 Å². The standard InChI is InChI=1S/C19H17FN2O3/c20-16-8-5-14(6-9-16)13-21(17-10-11-17)19(23)12-7-15-3-1-2-4-18(15)22(24)25/h1-9,12,17H,10-11,13H2/b12-7+. The van der Waals surface area contributed by atoms with E-state index in [0.717, 1.165) is 18.4 Å². The van der Waals surface area contributed by atoms with Gasteiger partial charge in [-0.05, 0) is 42.7 Å². The van der Waals surface area contributed by atoms with Crippen LogP contribution in [0.2, 0.25) is 0 Å². The number of nitro groups is 1. The third-order valence-electron chi connectivity index (χ3n) is 4.08. The summed E-state index contributed by atoms with van der Waals surface area (Å²) in [5.74, 6) is -0.519. The van der Waals surface area contributed by atoms with Gasteiger partial charge in [-0.3, -0.25) is 14.9 Å². The van der Waals surface area contributed by atoms with Crippen LogP contribution in [0.25, 0.3) is 6.08 Å². The average molecular weight is 340 g/mol. The van der Waals surface area contributed by atoms with Crippen LogP contribution in [0, 0.1) is 15.9 Å². The van der Waals surface area contributed by atoms with Gasteiger partial charge in [0.1, 0.15) is 5.82 Å². The second kappa shape index (κ2) is 7.25. The van der Waals surface area contributed by atoms with Gasteiger partial charge in [0.2, 0.25) is 5.91 Å². The third kappa shape index (κ3) is 4.29. The molecule has 0 bridgehead atoms. The predicted molar refractivity (Wildman–Crippen MR) is 92.1 cm³/mol. The first kappa shape index (κ1) is 16.8. The first-order valence-electron chi connectivity index (χ1n) is 8.01. The van der Waals surface area contributed by atoms with E-state index in [9.17, 15) is 19.3 Å². The van der Waals surface area contributed by atoms with Gasteiger partial charge in [-0.15, -0.1) is 0 Å². The molecule has 2 aromatic rings. The monoisotopic (exact) mass is 340 g/mol. The number of nitro benzene ring substituents is 1. The molecule has 1 aliphatic carbocycles. The first-order valence-corrected chi connectivity index (χ1v) is 8.01. The maximum Gasteiger partial charge on any atom is 0.276 e. The van der Waals surface area contributed by atoms with Crippen LogP contribution < -0.4 is 0 Å². The van der Waals surface area contributed by atoms with Gasteiger partial charge in [-0.2, -0.15) is 0 Å². The van der Waals surface area contributed by atoms with E-state index in [1.165, 1.54) is 30.4 Å². The number of para-hydroxylation sites is 1. The van der Waals surface area contributed by atoms with Crippen molar-refractivity contribution in [1.82, 2.24) is 4.90 Å². The van der Waals surface area contributed by atoms with Crippen LogP contribution in [-0.4, -0.2) is 21.8 Å². The molecule has 1 amide bonds. The topological polar surface area (TPSA) is 63.4 Å². The minimum Gasteiger partial charge on any atom is -0.332 e. The van der Waals surface area contributed by atoms with Crippen molar-refractivity contribution in [2.24, 2.45) is 0 Å². The lowest BCUT2D eigenvalue weighted by Gasteiger charge is -2.21. The zero-order valence-electron chi connectivity index (χ0n) is 13.5. The maximum absolute atomic E-state index is 13.0. The van der Waals surface area contributed by atoms with E-state index in [-0.39, 0.29) is 23.5 Å². The quantitative estimate of drug-likeness (QED) is 0.454. The van der Waals surface area contributed by atoms with E-state index in [0.29, 0.717) is 12.1 Å². The molecular formula is C19H17FN2O3. The third-order valence-corrected chi connectivity index (χ3v) is 4.08. The summed E-state index contributed by atoms with van der Waals surface area (Å²) in [7, 11) is 0. The van der Waals surface area contributed by atoms with Crippen molar-refractivity contribution >= 4 is 17.7 Å². The molecule has 0 spiro atoms. The average Bonchev–Trinajstić information content (AvgIpc) is 3.44. The van der Waals surface area contributed by atoms with Gasteiger partial charge in [-0.1, -0.05) is 24.3 Å². The minimum absolute atomic E-state index is 0.0388. The Morgan fingerprint density at radius 2 is 1.88 bits per heavy atom. The predicted octanol–water partition coefficient (Wildman–Crippen LogP) is 3.94. The van der Waals surface area contributed by atoms with Gasteiger partial charge in [-0.25, -0.2) is 4.39 Å². The minimum atomic E-state index is -0.471.